The van der Waals surface area contributed by atoms with E-state index in [-0.39, 0.29) is 5.82 Å². The van der Waals surface area contributed by atoms with Crippen LogP contribution in [0.25, 0.3) is 0 Å². The van der Waals surface area contributed by atoms with E-state index in [0.717, 1.165) is 25.3 Å². The molecule has 0 aliphatic rings. The van der Waals surface area contributed by atoms with Gasteiger partial charge in [-0.1, -0.05) is 39.5 Å². The first kappa shape index (κ1) is 18.3. The van der Waals surface area contributed by atoms with Gasteiger partial charge in [-0.3, -0.25) is 0 Å². The molecule has 0 unspecified atom stereocenters. The molecule has 0 bridgehead atoms. The van der Waals surface area contributed by atoms with Gasteiger partial charge in [0.1, 0.15) is 5.82 Å². The molecule has 0 aliphatic heterocycles. The predicted molar refractivity (Wildman–Crippen MR) is 83.4 cm³/mol. The Morgan fingerprint density at radius 3 is 2.48 bits per heavy atom. The number of nitrogens with one attached hydrogen (secondary N) is 1. The van der Waals surface area contributed by atoms with Crippen molar-refractivity contribution in [3.8, 4) is 0 Å². The molecule has 0 aromatic carbocycles. The van der Waals surface area contributed by atoms with E-state index < -0.39 is 11.7 Å². The second-order valence-corrected chi connectivity index (χ2v) is 6.49. The van der Waals surface area contributed by atoms with E-state index in [1.807, 2.05) is 0 Å². The van der Waals surface area contributed by atoms with Crippen LogP contribution >= 0.6 is 15.9 Å². The Kier molecular flexibility index (Phi) is 7.49. The highest BCUT2D eigenvalue weighted by atomic mass is 79.9. The molecule has 0 saturated carbocycles. The quantitative estimate of drug-likeness (QED) is 0.580. The summed E-state index contributed by atoms with van der Waals surface area (Å²) in [5.41, 5.74) is -0.725. The zero-order valence-electron chi connectivity index (χ0n) is 12.4. The van der Waals surface area contributed by atoms with Crippen LogP contribution in [0.1, 0.15) is 51.5 Å². The Labute approximate surface area is 132 Å². The molecular formula is C15H22BrF3N2. The molecule has 1 rings (SSSR count). The largest absolute Gasteiger partial charge is 0.419 e. The van der Waals surface area contributed by atoms with Gasteiger partial charge in [0.2, 0.25) is 0 Å². The smallest absolute Gasteiger partial charge is 0.370 e. The van der Waals surface area contributed by atoms with Gasteiger partial charge in [0, 0.05) is 17.2 Å². The highest BCUT2D eigenvalue weighted by molar-refractivity contribution is 9.10. The average Bonchev–Trinajstić information content (AvgIpc) is 2.37. The SMILES string of the molecule is CC(C)CCCCCCNc1ncc(Br)cc1C(F)(F)F. The van der Waals surface area contributed by atoms with E-state index in [0.29, 0.717) is 16.9 Å². The minimum Gasteiger partial charge on any atom is -0.370 e. The van der Waals surface area contributed by atoms with Crippen LogP contribution in [-0.2, 0) is 6.18 Å². The Balaban J connectivity index is 2.39. The monoisotopic (exact) mass is 366 g/mol. The summed E-state index contributed by atoms with van der Waals surface area (Å²) in [5.74, 6) is 0.623. The van der Waals surface area contributed by atoms with E-state index in [9.17, 15) is 13.2 Å². The number of hydrogen-bond donors (Lipinski definition) is 1. The van der Waals surface area contributed by atoms with Crippen molar-refractivity contribution in [1.29, 1.82) is 0 Å². The molecule has 1 N–H and O–H groups in total. The normalized spacial score (nSPS) is 12.0. The molecule has 120 valence electrons. The van der Waals surface area contributed by atoms with Gasteiger partial charge in [0.05, 0.1) is 5.56 Å². The molecule has 0 aliphatic carbocycles. The number of halogens is 4. The summed E-state index contributed by atoms with van der Waals surface area (Å²) < 4.78 is 39.0. The highest BCUT2D eigenvalue weighted by Crippen LogP contribution is 2.35. The number of aromatic nitrogens is 1. The van der Waals surface area contributed by atoms with Gasteiger partial charge in [-0.2, -0.15) is 13.2 Å². The summed E-state index contributed by atoms with van der Waals surface area (Å²) in [7, 11) is 0. The number of hydrogen-bond acceptors (Lipinski definition) is 2. The van der Waals surface area contributed by atoms with Gasteiger partial charge < -0.3 is 5.32 Å². The molecule has 1 aromatic heterocycles. The lowest BCUT2D eigenvalue weighted by Gasteiger charge is -2.13. The van der Waals surface area contributed by atoms with Crippen LogP contribution in [0, 0.1) is 5.92 Å². The molecule has 0 atom stereocenters. The summed E-state index contributed by atoms with van der Waals surface area (Å²) >= 11 is 3.02. The molecule has 0 saturated heterocycles. The van der Waals surface area contributed by atoms with Crippen molar-refractivity contribution in [3.05, 3.63) is 22.3 Å². The third kappa shape index (κ3) is 7.16. The fourth-order valence-electron chi connectivity index (χ4n) is 2.03. The fourth-order valence-corrected chi connectivity index (χ4v) is 2.37. The summed E-state index contributed by atoms with van der Waals surface area (Å²) in [4.78, 5) is 3.82. The van der Waals surface area contributed by atoms with Crippen LogP contribution in [-0.4, -0.2) is 11.5 Å². The first-order valence-electron chi connectivity index (χ1n) is 7.27. The van der Waals surface area contributed by atoms with Gasteiger partial charge in [-0.05, 0) is 34.3 Å². The van der Waals surface area contributed by atoms with Gasteiger partial charge >= 0.3 is 6.18 Å². The van der Waals surface area contributed by atoms with E-state index >= 15 is 0 Å². The topological polar surface area (TPSA) is 24.9 Å². The minimum absolute atomic E-state index is 0.0899. The first-order chi connectivity index (χ1) is 9.80. The molecule has 21 heavy (non-hydrogen) atoms. The molecule has 0 radical (unpaired) electrons. The lowest BCUT2D eigenvalue weighted by Crippen LogP contribution is -2.13. The molecule has 0 spiro atoms. The molecule has 1 aromatic rings. The Morgan fingerprint density at radius 1 is 1.19 bits per heavy atom. The fraction of sp³-hybridized carbons (Fsp3) is 0.667. The van der Waals surface area contributed by atoms with Crippen LogP contribution in [0.4, 0.5) is 19.0 Å². The lowest BCUT2D eigenvalue weighted by atomic mass is 10.0. The van der Waals surface area contributed by atoms with Crippen molar-refractivity contribution >= 4 is 21.7 Å². The van der Waals surface area contributed by atoms with Crippen molar-refractivity contribution in [2.45, 2.75) is 52.1 Å². The first-order valence-corrected chi connectivity index (χ1v) is 8.06. The van der Waals surface area contributed by atoms with Gasteiger partial charge in [-0.15, -0.1) is 0 Å². The third-order valence-electron chi connectivity index (χ3n) is 3.16. The van der Waals surface area contributed by atoms with Gasteiger partial charge in [0.25, 0.3) is 0 Å². The minimum atomic E-state index is -4.39. The maximum Gasteiger partial charge on any atom is 0.419 e. The number of unbranched alkanes of at least 4 members (excludes halogenated alkanes) is 3. The zero-order valence-corrected chi connectivity index (χ0v) is 14.0. The summed E-state index contributed by atoms with van der Waals surface area (Å²) in [6, 6.07) is 1.05. The predicted octanol–water partition coefficient (Wildman–Crippen LogP) is 5.88. The molecule has 0 amide bonds. The maximum absolute atomic E-state index is 12.9. The van der Waals surface area contributed by atoms with Crippen LogP contribution < -0.4 is 5.32 Å². The molecule has 0 fully saturated rings. The van der Waals surface area contributed by atoms with E-state index in [2.05, 4.69) is 40.1 Å². The number of rotatable bonds is 8. The van der Waals surface area contributed by atoms with Crippen LogP contribution in [0.2, 0.25) is 0 Å². The summed E-state index contributed by atoms with van der Waals surface area (Å²) in [5, 5.41) is 2.79. The van der Waals surface area contributed by atoms with Crippen molar-refractivity contribution in [3.63, 3.8) is 0 Å². The molecule has 2 nitrogen and oxygen atoms in total. The Morgan fingerprint density at radius 2 is 1.86 bits per heavy atom. The standard InChI is InChI=1S/C15H22BrF3N2/c1-11(2)7-5-3-4-6-8-20-14-13(15(17,18)19)9-12(16)10-21-14/h9-11H,3-8H2,1-2H3,(H,20,21). The second kappa shape index (κ2) is 8.61. The average molecular weight is 367 g/mol. The van der Waals surface area contributed by atoms with Crippen LogP contribution in [0.3, 0.4) is 0 Å². The zero-order chi connectivity index (χ0) is 15.9. The number of alkyl halides is 3. The maximum atomic E-state index is 12.9. The van der Waals surface area contributed by atoms with E-state index in [1.54, 1.807) is 0 Å². The molecular weight excluding hydrogens is 345 g/mol. The third-order valence-corrected chi connectivity index (χ3v) is 3.59. The number of nitrogens with zero attached hydrogens (tertiary/aromatic N) is 1. The van der Waals surface area contributed by atoms with Crippen LogP contribution in [0.5, 0.6) is 0 Å². The Hall–Kier alpha value is -0.780. The molecule has 1 heterocycles. The van der Waals surface area contributed by atoms with E-state index in [1.165, 1.54) is 19.0 Å². The van der Waals surface area contributed by atoms with Crippen molar-refractivity contribution in [2.24, 2.45) is 5.92 Å². The van der Waals surface area contributed by atoms with Crippen molar-refractivity contribution in [1.82, 2.24) is 4.98 Å². The second-order valence-electron chi connectivity index (χ2n) is 5.57. The van der Waals surface area contributed by atoms with Crippen molar-refractivity contribution < 1.29 is 13.2 Å². The van der Waals surface area contributed by atoms with E-state index in [4.69, 9.17) is 0 Å². The van der Waals surface area contributed by atoms with Crippen molar-refractivity contribution in [2.75, 3.05) is 11.9 Å². The highest BCUT2D eigenvalue weighted by Gasteiger charge is 2.34. The summed E-state index contributed by atoms with van der Waals surface area (Å²) in [6.45, 7) is 4.90. The summed E-state index contributed by atoms with van der Waals surface area (Å²) in [6.07, 6.45) is 2.38. The van der Waals surface area contributed by atoms with Crippen LogP contribution in [0.15, 0.2) is 16.7 Å². The molecule has 6 heteroatoms. The van der Waals surface area contributed by atoms with Gasteiger partial charge in [-0.25, -0.2) is 4.98 Å². The van der Waals surface area contributed by atoms with Gasteiger partial charge in [0.15, 0.2) is 0 Å². The number of anilines is 1. The lowest BCUT2D eigenvalue weighted by molar-refractivity contribution is -0.137. The number of pyridine rings is 1. The Bertz CT molecular complexity index is 433.